The average Bonchev–Trinajstić information content (AvgIpc) is 3.77. The fourth-order valence-electron chi connectivity index (χ4n) is 6.15. The van der Waals surface area contributed by atoms with E-state index >= 15 is 0 Å². The van der Waals surface area contributed by atoms with Crippen LogP contribution in [0.4, 0.5) is 16.2 Å². The molecule has 1 aliphatic carbocycles. The summed E-state index contributed by atoms with van der Waals surface area (Å²) in [5, 5.41) is 33.2. The number of ether oxygens (including phenoxy) is 1. The van der Waals surface area contributed by atoms with Crippen molar-refractivity contribution in [2.45, 2.75) is 76.7 Å². The Labute approximate surface area is 265 Å². The van der Waals surface area contributed by atoms with Crippen LogP contribution in [0.25, 0.3) is 0 Å². The molecule has 1 saturated heterocycles. The first-order valence-electron chi connectivity index (χ1n) is 15.7. The summed E-state index contributed by atoms with van der Waals surface area (Å²) in [7, 11) is 1.00. The van der Waals surface area contributed by atoms with E-state index in [2.05, 4.69) is 20.9 Å². The van der Waals surface area contributed by atoms with Gasteiger partial charge in [0.2, 0.25) is 11.8 Å². The van der Waals surface area contributed by atoms with Crippen molar-refractivity contribution in [1.29, 1.82) is 0 Å². The first kappa shape index (κ1) is 35.8. The molecule has 12 nitrogen and oxygen atoms in total. The van der Waals surface area contributed by atoms with Crippen molar-refractivity contribution < 1.29 is 34.4 Å². The lowest BCUT2D eigenvalue weighted by molar-refractivity contribution is -0.121. The van der Waals surface area contributed by atoms with Crippen molar-refractivity contribution in [3.05, 3.63) is 59.2 Å². The van der Waals surface area contributed by atoms with E-state index in [1.807, 2.05) is 36.4 Å². The van der Waals surface area contributed by atoms with Gasteiger partial charge in [-0.3, -0.25) is 14.5 Å². The van der Waals surface area contributed by atoms with Crippen LogP contribution in [0.2, 0.25) is 0 Å². The topological polar surface area (TPSA) is 186 Å². The van der Waals surface area contributed by atoms with Crippen LogP contribution >= 0.6 is 0 Å². The second-order valence-corrected chi connectivity index (χ2v) is 11.5. The summed E-state index contributed by atoms with van der Waals surface area (Å²) in [6.07, 6.45) is 5.08. The summed E-state index contributed by atoms with van der Waals surface area (Å²) in [6, 6.07) is 12.6. The second kappa shape index (κ2) is 18.3. The van der Waals surface area contributed by atoms with E-state index in [1.165, 1.54) is 0 Å². The van der Waals surface area contributed by atoms with Gasteiger partial charge in [-0.25, -0.2) is 4.79 Å². The fourth-order valence-corrected chi connectivity index (χ4v) is 6.15. The number of carbonyl (C=O) groups excluding carboxylic acids is 3. The molecule has 0 radical (unpaired) electrons. The Bertz CT molecular complexity index is 1240. The van der Waals surface area contributed by atoms with Gasteiger partial charge in [0, 0.05) is 51.4 Å². The van der Waals surface area contributed by atoms with Gasteiger partial charge in [-0.15, -0.1) is 0 Å². The van der Waals surface area contributed by atoms with E-state index in [-0.39, 0.29) is 43.1 Å². The molecule has 2 aliphatic heterocycles. The summed E-state index contributed by atoms with van der Waals surface area (Å²) in [5.41, 5.74) is 9.65. The van der Waals surface area contributed by atoms with E-state index in [1.54, 1.807) is 13.0 Å². The lowest BCUT2D eigenvalue weighted by Crippen LogP contribution is -2.43. The third kappa shape index (κ3) is 10.4. The van der Waals surface area contributed by atoms with E-state index in [0.29, 0.717) is 55.8 Å². The molecule has 2 fully saturated rings. The molecule has 12 heteroatoms. The number of benzene rings is 2. The van der Waals surface area contributed by atoms with Crippen LogP contribution in [0.15, 0.2) is 42.5 Å². The second-order valence-electron chi connectivity index (χ2n) is 11.5. The number of rotatable bonds is 11. The first-order valence-corrected chi connectivity index (χ1v) is 15.7. The number of alkyl carbamates (subject to hydrolysis) is 1. The molecule has 2 aromatic rings. The average molecular weight is 628 g/mol. The monoisotopic (exact) mass is 627 g/mol. The zero-order valence-electron chi connectivity index (χ0n) is 26.3. The molecule has 0 spiro atoms. The van der Waals surface area contributed by atoms with Crippen LogP contribution in [0.1, 0.15) is 68.2 Å². The van der Waals surface area contributed by atoms with E-state index in [9.17, 15) is 19.5 Å². The van der Waals surface area contributed by atoms with E-state index < -0.39 is 12.1 Å². The number of aliphatic hydroxyl groups is 3. The highest BCUT2D eigenvalue weighted by Crippen LogP contribution is 2.40. The SMILES string of the molecule is CCO.CO.Nc1cc(CO)cc2c1NC(=O)C2N(CCC(Cc1ccccc1)NC(=O)OC1CCCC1)CC1CNC(=O)C1. The maximum absolute atomic E-state index is 13.3. The predicted octanol–water partition coefficient (Wildman–Crippen LogP) is 2.47. The van der Waals surface area contributed by atoms with Crippen molar-refractivity contribution in [2.24, 2.45) is 5.92 Å². The number of amides is 3. The molecule has 3 aliphatic rings. The fraction of sp³-hybridized carbons (Fsp3) is 0.545. The van der Waals surface area contributed by atoms with Gasteiger partial charge in [-0.2, -0.15) is 0 Å². The van der Waals surface area contributed by atoms with Crippen LogP contribution in [-0.4, -0.2) is 83.6 Å². The van der Waals surface area contributed by atoms with E-state index in [4.69, 9.17) is 20.7 Å². The van der Waals surface area contributed by atoms with Gasteiger partial charge in [-0.05, 0) is 74.6 Å². The number of carbonyl (C=O) groups is 3. The molecule has 0 aromatic heterocycles. The number of nitrogens with one attached hydrogen (secondary N) is 3. The maximum atomic E-state index is 13.3. The highest BCUT2D eigenvalue weighted by Gasteiger charge is 2.39. The smallest absolute Gasteiger partial charge is 0.407 e. The summed E-state index contributed by atoms with van der Waals surface area (Å²) < 4.78 is 5.70. The molecule has 2 aromatic carbocycles. The molecular weight excluding hydrogens is 578 g/mol. The van der Waals surface area contributed by atoms with Gasteiger partial charge in [-0.1, -0.05) is 30.3 Å². The van der Waals surface area contributed by atoms with Crippen LogP contribution < -0.4 is 21.7 Å². The Kier molecular flexibility index (Phi) is 14.5. The standard InChI is InChI=1S/C30H39N5O5.C2H6O.CH4O/c31-25-14-20(18-36)13-24-27(25)34-29(38)28(24)35(17-21-15-26(37)32-16-21)11-10-22(12-19-6-2-1-3-7-19)33-30(39)40-23-8-4-5-9-23;1-2-3;1-2/h1-3,6-7,13-14,21-23,28,36H,4-5,8-12,15-18,31H2,(H,32,37)(H,33,39)(H,34,38);3H,2H2,1H3;2H,1H3. The summed E-state index contributed by atoms with van der Waals surface area (Å²) in [4.78, 5) is 40.2. The van der Waals surface area contributed by atoms with Crippen molar-refractivity contribution in [3.63, 3.8) is 0 Å². The quantitative estimate of drug-likeness (QED) is 0.184. The number of anilines is 2. The lowest BCUT2D eigenvalue weighted by atomic mass is 9.98. The zero-order valence-corrected chi connectivity index (χ0v) is 26.3. The van der Waals surface area contributed by atoms with Crippen LogP contribution in [0.5, 0.6) is 0 Å². The van der Waals surface area contributed by atoms with Gasteiger partial charge >= 0.3 is 6.09 Å². The molecular formula is C33H49N5O7. The Morgan fingerprint density at radius 1 is 1.11 bits per heavy atom. The van der Waals surface area contributed by atoms with Crippen molar-refractivity contribution in [3.8, 4) is 0 Å². The molecule has 1 saturated carbocycles. The van der Waals surface area contributed by atoms with Crippen LogP contribution in [-0.2, 0) is 27.4 Å². The summed E-state index contributed by atoms with van der Waals surface area (Å²) >= 11 is 0. The molecule has 45 heavy (non-hydrogen) atoms. The molecule has 3 amide bonds. The Hall–Kier alpha value is -3.71. The third-order valence-electron chi connectivity index (χ3n) is 8.14. The number of nitrogens with two attached hydrogens (primary N) is 1. The number of hydrogen-bond acceptors (Lipinski definition) is 9. The Balaban J connectivity index is 0.00000104. The minimum Gasteiger partial charge on any atom is -0.446 e. The van der Waals surface area contributed by atoms with Crippen molar-refractivity contribution >= 4 is 29.3 Å². The number of aliphatic hydroxyl groups excluding tert-OH is 3. The maximum Gasteiger partial charge on any atom is 0.407 e. The minimum absolute atomic E-state index is 0.00585. The van der Waals surface area contributed by atoms with Gasteiger partial charge < -0.3 is 41.7 Å². The van der Waals surface area contributed by atoms with Crippen LogP contribution in [0, 0.1) is 5.92 Å². The van der Waals surface area contributed by atoms with Crippen molar-refractivity contribution in [2.75, 3.05) is 44.4 Å². The molecule has 3 atom stereocenters. The molecule has 8 N–H and O–H groups in total. The van der Waals surface area contributed by atoms with Gasteiger partial charge in [0.15, 0.2) is 0 Å². The number of nitrogen functional groups attached to an aromatic ring is 1. The molecule has 2 heterocycles. The minimum atomic E-state index is -0.623. The van der Waals surface area contributed by atoms with E-state index in [0.717, 1.165) is 43.9 Å². The molecule has 248 valence electrons. The van der Waals surface area contributed by atoms with Crippen molar-refractivity contribution in [1.82, 2.24) is 15.5 Å². The van der Waals surface area contributed by atoms with Gasteiger partial charge in [0.25, 0.3) is 0 Å². The summed E-state index contributed by atoms with van der Waals surface area (Å²) in [5.74, 6) is -0.135. The molecule has 5 rings (SSSR count). The highest BCUT2D eigenvalue weighted by molar-refractivity contribution is 6.05. The number of nitrogens with zero attached hydrogens (tertiary/aromatic N) is 1. The predicted molar refractivity (Wildman–Crippen MR) is 172 cm³/mol. The lowest BCUT2D eigenvalue weighted by Gasteiger charge is -2.31. The number of fused-ring (bicyclic) bond motifs is 1. The Morgan fingerprint density at radius 2 is 1.80 bits per heavy atom. The highest BCUT2D eigenvalue weighted by atomic mass is 16.6. The third-order valence-corrected chi connectivity index (χ3v) is 8.14. The first-order chi connectivity index (χ1) is 21.8. The normalized spacial score (nSPS) is 19.4. The molecule has 3 unspecified atom stereocenters. The molecule has 0 bridgehead atoms. The van der Waals surface area contributed by atoms with Gasteiger partial charge in [0.1, 0.15) is 12.1 Å². The summed E-state index contributed by atoms with van der Waals surface area (Å²) in [6.45, 7) is 3.30. The van der Waals surface area contributed by atoms with Gasteiger partial charge in [0.05, 0.1) is 18.0 Å². The largest absolute Gasteiger partial charge is 0.446 e. The zero-order chi connectivity index (χ0) is 32.8. The van der Waals surface area contributed by atoms with Crippen LogP contribution in [0.3, 0.4) is 0 Å². The number of hydrogen-bond donors (Lipinski definition) is 7. The Morgan fingerprint density at radius 3 is 2.42 bits per heavy atom.